The first-order chi connectivity index (χ1) is 15.9. The maximum atomic E-state index is 13.1. The molecule has 0 saturated carbocycles. The Morgan fingerprint density at radius 2 is 1.88 bits per heavy atom. The van der Waals surface area contributed by atoms with Crippen molar-refractivity contribution in [3.63, 3.8) is 0 Å². The van der Waals surface area contributed by atoms with Gasteiger partial charge in [-0.15, -0.1) is 0 Å². The zero-order chi connectivity index (χ0) is 23.4. The van der Waals surface area contributed by atoms with Gasteiger partial charge in [-0.05, 0) is 53.9 Å². The van der Waals surface area contributed by atoms with Gasteiger partial charge >= 0.3 is 0 Å². The van der Waals surface area contributed by atoms with E-state index in [-0.39, 0.29) is 22.3 Å². The maximum absolute atomic E-state index is 13.1. The largest absolute Gasteiger partial charge is 0.482 e. The molecular weight excluding hydrogens is 462 g/mol. The van der Waals surface area contributed by atoms with Gasteiger partial charge in [0.2, 0.25) is 0 Å². The van der Waals surface area contributed by atoms with E-state index in [4.69, 9.17) is 21.6 Å². The first-order valence-corrected chi connectivity index (χ1v) is 12.0. The number of nitriles is 1. The zero-order valence-electron chi connectivity index (χ0n) is 17.5. The highest BCUT2D eigenvalue weighted by Gasteiger charge is 2.31. The van der Waals surface area contributed by atoms with Gasteiger partial charge in [0.15, 0.2) is 6.61 Å². The number of para-hydroxylation sites is 1. The number of nitrogens with one attached hydrogen (secondary N) is 1. The molecule has 0 bridgehead atoms. The van der Waals surface area contributed by atoms with Crippen molar-refractivity contribution in [2.24, 2.45) is 0 Å². The number of nitrogens with zero attached hydrogens (tertiary/aromatic N) is 2. The van der Waals surface area contributed by atoms with E-state index in [1.165, 1.54) is 22.5 Å². The fourth-order valence-corrected chi connectivity index (χ4v) is 5.41. The van der Waals surface area contributed by atoms with Crippen LogP contribution >= 0.6 is 11.6 Å². The van der Waals surface area contributed by atoms with Crippen molar-refractivity contribution in [2.75, 3.05) is 22.8 Å². The molecule has 7 nitrogen and oxygen atoms in total. The van der Waals surface area contributed by atoms with Crippen LogP contribution in [0.15, 0.2) is 71.6 Å². The highest BCUT2D eigenvalue weighted by molar-refractivity contribution is 7.92. The Hall–Kier alpha value is -3.54. The Labute approximate surface area is 197 Å². The van der Waals surface area contributed by atoms with Crippen molar-refractivity contribution in [3.8, 4) is 11.8 Å². The van der Waals surface area contributed by atoms with E-state index in [1.54, 1.807) is 30.3 Å². The van der Waals surface area contributed by atoms with Crippen molar-refractivity contribution in [2.45, 2.75) is 17.7 Å². The molecule has 0 atom stereocenters. The van der Waals surface area contributed by atoms with Crippen LogP contribution in [0, 0.1) is 11.3 Å². The maximum Gasteiger partial charge on any atom is 0.264 e. The smallest absolute Gasteiger partial charge is 0.264 e. The predicted molar refractivity (Wildman–Crippen MR) is 126 cm³/mol. The Morgan fingerprint density at radius 1 is 1.12 bits per heavy atom. The van der Waals surface area contributed by atoms with Crippen LogP contribution in [0.3, 0.4) is 0 Å². The minimum atomic E-state index is -3.78. The lowest BCUT2D eigenvalue weighted by molar-refractivity contribution is -0.118. The second kappa shape index (κ2) is 9.53. The fourth-order valence-electron chi connectivity index (χ4n) is 3.58. The highest BCUT2D eigenvalue weighted by atomic mass is 35.5. The molecule has 168 valence electrons. The van der Waals surface area contributed by atoms with E-state index < -0.39 is 15.9 Å². The average Bonchev–Trinajstić information content (AvgIpc) is 3.25. The third kappa shape index (κ3) is 4.95. The molecular formula is C24H20ClN3O4S. The van der Waals surface area contributed by atoms with E-state index in [2.05, 4.69) is 11.4 Å². The topological polar surface area (TPSA) is 99.5 Å². The van der Waals surface area contributed by atoms with Crippen molar-refractivity contribution in [1.29, 1.82) is 5.26 Å². The molecule has 1 heterocycles. The number of fused-ring (bicyclic) bond motifs is 1. The number of ether oxygens (including phenoxy) is 1. The Balaban J connectivity index is 1.41. The minimum absolute atomic E-state index is 0.0541. The van der Waals surface area contributed by atoms with Crippen molar-refractivity contribution in [3.05, 3.63) is 82.9 Å². The van der Waals surface area contributed by atoms with Gasteiger partial charge < -0.3 is 10.1 Å². The molecule has 0 spiro atoms. The molecule has 0 aromatic heterocycles. The van der Waals surface area contributed by atoms with Gasteiger partial charge in [-0.25, -0.2) is 8.42 Å². The van der Waals surface area contributed by atoms with Crippen LogP contribution in [-0.4, -0.2) is 27.5 Å². The lowest BCUT2D eigenvalue weighted by Gasteiger charge is -2.20. The molecule has 3 aromatic carbocycles. The summed E-state index contributed by atoms with van der Waals surface area (Å²) in [5, 5.41) is 11.5. The van der Waals surface area contributed by atoms with Crippen molar-refractivity contribution < 1.29 is 17.9 Å². The third-order valence-electron chi connectivity index (χ3n) is 5.22. The molecule has 0 radical (unpaired) electrons. The minimum Gasteiger partial charge on any atom is -0.482 e. The quantitative estimate of drug-likeness (QED) is 0.545. The Bertz CT molecular complexity index is 1330. The Morgan fingerprint density at radius 3 is 2.61 bits per heavy atom. The summed E-state index contributed by atoms with van der Waals surface area (Å²) in [6.07, 6.45) is 0.951. The van der Waals surface area contributed by atoms with Gasteiger partial charge in [0, 0.05) is 12.2 Å². The number of anilines is 2. The molecule has 9 heteroatoms. The molecule has 4 rings (SSSR count). The number of benzene rings is 3. The van der Waals surface area contributed by atoms with Crippen LogP contribution in [0.2, 0.25) is 5.02 Å². The summed E-state index contributed by atoms with van der Waals surface area (Å²) < 4.78 is 33.1. The zero-order valence-corrected chi connectivity index (χ0v) is 19.1. The van der Waals surface area contributed by atoms with E-state index in [0.717, 1.165) is 11.1 Å². The van der Waals surface area contributed by atoms with E-state index in [1.807, 2.05) is 18.2 Å². The summed E-state index contributed by atoms with van der Waals surface area (Å²) in [5.74, 6) is -0.193. The number of amides is 1. The number of halogens is 1. The fraction of sp³-hybridized carbons (Fsp3) is 0.167. The number of hydrogen-bond acceptors (Lipinski definition) is 5. The molecule has 1 amide bonds. The van der Waals surface area contributed by atoms with Crippen LogP contribution in [0.5, 0.6) is 5.75 Å². The van der Waals surface area contributed by atoms with Gasteiger partial charge in [-0.2, -0.15) is 5.26 Å². The summed E-state index contributed by atoms with van der Waals surface area (Å²) >= 11 is 6.27. The van der Waals surface area contributed by atoms with E-state index in [9.17, 15) is 13.2 Å². The summed E-state index contributed by atoms with van der Waals surface area (Å²) in [7, 11) is -3.78. The highest BCUT2D eigenvalue weighted by Crippen LogP contribution is 2.35. The van der Waals surface area contributed by atoms with Gasteiger partial charge in [-0.1, -0.05) is 41.9 Å². The molecule has 0 fully saturated rings. The SMILES string of the molecule is N#CCc1ccc(NC(=O)COc2ccc(S(=O)(=O)N3CCc4ccccc43)cc2Cl)cc1. The average molecular weight is 482 g/mol. The number of rotatable bonds is 7. The summed E-state index contributed by atoms with van der Waals surface area (Å²) in [6.45, 7) is 0.0699. The molecule has 0 unspecified atom stereocenters. The van der Waals surface area contributed by atoms with Gasteiger partial charge in [0.1, 0.15) is 5.75 Å². The normalized spacial score (nSPS) is 12.7. The third-order valence-corrected chi connectivity index (χ3v) is 7.32. The lowest BCUT2D eigenvalue weighted by atomic mass is 10.1. The summed E-state index contributed by atoms with van der Waals surface area (Å²) in [5.41, 5.74) is 3.08. The molecule has 0 saturated heterocycles. The van der Waals surface area contributed by atoms with Crippen LogP contribution in [0.4, 0.5) is 11.4 Å². The van der Waals surface area contributed by atoms with E-state index >= 15 is 0 Å². The molecule has 0 aliphatic carbocycles. The number of sulfonamides is 1. The molecule has 1 aliphatic heterocycles. The van der Waals surface area contributed by atoms with Gasteiger partial charge in [0.25, 0.3) is 15.9 Å². The molecule has 3 aromatic rings. The van der Waals surface area contributed by atoms with Crippen molar-refractivity contribution >= 4 is 38.9 Å². The number of hydrogen-bond donors (Lipinski definition) is 1. The molecule has 1 aliphatic rings. The van der Waals surface area contributed by atoms with Crippen LogP contribution in [-0.2, 0) is 27.7 Å². The van der Waals surface area contributed by atoms with E-state index in [0.29, 0.717) is 30.8 Å². The van der Waals surface area contributed by atoms with Crippen LogP contribution in [0.25, 0.3) is 0 Å². The second-order valence-corrected chi connectivity index (χ2v) is 9.69. The number of carbonyl (C=O) groups excluding carboxylic acids is 1. The molecule has 33 heavy (non-hydrogen) atoms. The standard InChI is InChI=1S/C24H20ClN3O4S/c25-21-15-20(33(30,31)28-14-12-18-3-1-2-4-22(18)28)9-10-23(21)32-16-24(29)27-19-7-5-17(6-8-19)11-13-26/h1-10,15H,11-12,14,16H2,(H,27,29). The van der Waals surface area contributed by atoms with Gasteiger partial charge in [-0.3, -0.25) is 9.10 Å². The monoisotopic (exact) mass is 481 g/mol. The number of carbonyl (C=O) groups is 1. The second-order valence-electron chi connectivity index (χ2n) is 7.42. The molecule has 1 N–H and O–H groups in total. The Kier molecular flexibility index (Phi) is 6.54. The van der Waals surface area contributed by atoms with Crippen molar-refractivity contribution in [1.82, 2.24) is 0 Å². The van der Waals surface area contributed by atoms with Crippen LogP contribution < -0.4 is 14.4 Å². The van der Waals surface area contributed by atoms with Crippen LogP contribution in [0.1, 0.15) is 11.1 Å². The lowest BCUT2D eigenvalue weighted by Crippen LogP contribution is -2.29. The van der Waals surface area contributed by atoms with Gasteiger partial charge in [0.05, 0.1) is 28.1 Å². The summed E-state index contributed by atoms with van der Waals surface area (Å²) in [6, 6.07) is 20.6. The first-order valence-electron chi connectivity index (χ1n) is 10.2. The first kappa shape index (κ1) is 22.6. The predicted octanol–water partition coefficient (Wildman–Crippen LogP) is 4.17. The summed E-state index contributed by atoms with van der Waals surface area (Å²) in [4.78, 5) is 12.2.